The number of hydrogen-bond donors (Lipinski definition) is 1. The first-order valence-electron chi connectivity index (χ1n) is 7.68. The van der Waals surface area contributed by atoms with Gasteiger partial charge in [-0.05, 0) is 38.3 Å². The van der Waals surface area contributed by atoms with Crippen molar-refractivity contribution in [3.8, 4) is 0 Å². The second-order valence-electron chi connectivity index (χ2n) is 5.89. The lowest BCUT2D eigenvalue weighted by Crippen LogP contribution is -2.32. The molecule has 0 aromatic heterocycles. The summed E-state index contributed by atoms with van der Waals surface area (Å²) < 4.78 is 0. The summed E-state index contributed by atoms with van der Waals surface area (Å²) in [5.41, 5.74) is 3.75. The Labute approximate surface area is 122 Å². The summed E-state index contributed by atoms with van der Waals surface area (Å²) in [6.45, 7) is 9.22. The van der Waals surface area contributed by atoms with E-state index < -0.39 is 0 Å². The van der Waals surface area contributed by atoms with Gasteiger partial charge in [0.15, 0.2) is 0 Å². The lowest BCUT2D eigenvalue weighted by molar-refractivity contribution is -0.129. The highest BCUT2D eigenvalue weighted by atomic mass is 16.2. The van der Waals surface area contributed by atoms with Gasteiger partial charge in [0.25, 0.3) is 0 Å². The molecule has 1 saturated heterocycles. The molecule has 1 amide bonds. The van der Waals surface area contributed by atoms with E-state index in [4.69, 9.17) is 0 Å². The maximum atomic E-state index is 12.3. The molecule has 2 rings (SSSR count). The third-order valence-electron chi connectivity index (χ3n) is 4.10. The predicted octanol–water partition coefficient (Wildman–Crippen LogP) is 3.31. The van der Waals surface area contributed by atoms with Gasteiger partial charge in [0.2, 0.25) is 5.91 Å². The van der Waals surface area contributed by atoms with Crippen LogP contribution >= 0.6 is 0 Å². The fourth-order valence-electron chi connectivity index (χ4n) is 2.94. The van der Waals surface area contributed by atoms with Crippen molar-refractivity contribution in [3.63, 3.8) is 0 Å². The Hall–Kier alpha value is -1.35. The third-order valence-corrected chi connectivity index (χ3v) is 4.10. The quantitative estimate of drug-likeness (QED) is 0.835. The Balaban J connectivity index is 2.21. The Kier molecular flexibility index (Phi) is 4.81. The molecule has 1 aliphatic heterocycles. The van der Waals surface area contributed by atoms with Crippen LogP contribution in [0.1, 0.15) is 56.0 Å². The number of carbonyl (C=O) groups excluding carboxylic acids is 1. The van der Waals surface area contributed by atoms with E-state index in [0.29, 0.717) is 0 Å². The Bertz CT molecular complexity index is 484. The van der Waals surface area contributed by atoms with Crippen LogP contribution in [0.4, 0.5) is 0 Å². The summed E-state index contributed by atoms with van der Waals surface area (Å²) in [4.78, 5) is 14.3. The van der Waals surface area contributed by atoms with Crippen molar-refractivity contribution in [2.24, 2.45) is 0 Å². The van der Waals surface area contributed by atoms with Crippen molar-refractivity contribution < 1.29 is 4.79 Å². The average Bonchev–Trinajstić information content (AvgIpc) is 2.67. The second-order valence-corrected chi connectivity index (χ2v) is 5.89. The molecule has 3 nitrogen and oxygen atoms in total. The van der Waals surface area contributed by atoms with Gasteiger partial charge in [0.05, 0.1) is 6.04 Å². The SMILES string of the molecule is CCCCCN1C(=O)C(C)NC1c1ccc(C)cc1C. The Morgan fingerprint density at radius 1 is 1.25 bits per heavy atom. The molecule has 0 bridgehead atoms. The van der Waals surface area contributed by atoms with Crippen molar-refractivity contribution in [2.75, 3.05) is 6.54 Å². The molecule has 0 radical (unpaired) electrons. The molecule has 0 saturated carbocycles. The molecule has 1 aromatic rings. The number of nitrogens with zero attached hydrogens (tertiary/aromatic N) is 1. The number of rotatable bonds is 5. The van der Waals surface area contributed by atoms with Crippen molar-refractivity contribution in [3.05, 3.63) is 34.9 Å². The van der Waals surface area contributed by atoms with Crippen molar-refractivity contribution in [2.45, 2.75) is 59.2 Å². The molecule has 1 fully saturated rings. The zero-order chi connectivity index (χ0) is 14.7. The van der Waals surface area contributed by atoms with Gasteiger partial charge in [-0.15, -0.1) is 0 Å². The lowest BCUT2D eigenvalue weighted by atomic mass is 10.0. The Morgan fingerprint density at radius 3 is 2.65 bits per heavy atom. The molecule has 2 unspecified atom stereocenters. The number of hydrogen-bond acceptors (Lipinski definition) is 2. The molecule has 0 aliphatic carbocycles. The third kappa shape index (κ3) is 3.04. The molecule has 110 valence electrons. The zero-order valence-electron chi connectivity index (χ0n) is 13.1. The highest BCUT2D eigenvalue weighted by molar-refractivity contribution is 5.84. The fourth-order valence-corrected chi connectivity index (χ4v) is 2.94. The van der Waals surface area contributed by atoms with Crippen molar-refractivity contribution in [1.29, 1.82) is 0 Å². The number of carbonyl (C=O) groups is 1. The normalized spacial score (nSPS) is 22.6. The lowest BCUT2D eigenvalue weighted by Gasteiger charge is -2.26. The maximum Gasteiger partial charge on any atom is 0.241 e. The van der Waals surface area contributed by atoms with Gasteiger partial charge in [-0.25, -0.2) is 0 Å². The van der Waals surface area contributed by atoms with E-state index in [1.165, 1.54) is 29.5 Å². The summed E-state index contributed by atoms with van der Waals surface area (Å²) in [7, 11) is 0. The monoisotopic (exact) mass is 274 g/mol. The molecule has 0 spiro atoms. The van der Waals surface area contributed by atoms with Crippen LogP contribution < -0.4 is 5.32 Å². The molecular formula is C17H26N2O. The van der Waals surface area contributed by atoms with E-state index >= 15 is 0 Å². The van der Waals surface area contributed by atoms with Gasteiger partial charge in [-0.1, -0.05) is 43.5 Å². The van der Waals surface area contributed by atoms with Crippen molar-refractivity contribution >= 4 is 5.91 Å². The topological polar surface area (TPSA) is 32.3 Å². The van der Waals surface area contributed by atoms with Crippen LogP contribution in [0, 0.1) is 13.8 Å². The predicted molar refractivity (Wildman–Crippen MR) is 82.5 cm³/mol. The molecule has 2 atom stereocenters. The minimum atomic E-state index is -0.0812. The molecule has 20 heavy (non-hydrogen) atoms. The summed E-state index contributed by atoms with van der Waals surface area (Å²) in [5, 5.41) is 3.43. The summed E-state index contributed by atoms with van der Waals surface area (Å²) >= 11 is 0. The molecule has 3 heteroatoms. The van der Waals surface area contributed by atoms with E-state index in [0.717, 1.165) is 13.0 Å². The van der Waals surface area contributed by atoms with Crippen LogP contribution in [0.5, 0.6) is 0 Å². The second kappa shape index (κ2) is 6.40. The number of amides is 1. The van der Waals surface area contributed by atoms with Crippen LogP contribution in [0.15, 0.2) is 18.2 Å². The minimum Gasteiger partial charge on any atom is -0.322 e. The number of benzene rings is 1. The zero-order valence-corrected chi connectivity index (χ0v) is 13.1. The summed E-state index contributed by atoms with van der Waals surface area (Å²) in [6, 6.07) is 6.39. The fraction of sp³-hybridized carbons (Fsp3) is 0.588. The van der Waals surface area contributed by atoms with Gasteiger partial charge in [-0.2, -0.15) is 0 Å². The molecular weight excluding hydrogens is 248 g/mol. The van der Waals surface area contributed by atoms with Crippen LogP contribution in [0.25, 0.3) is 0 Å². The molecule has 1 aromatic carbocycles. The van der Waals surface area contributed by atoms with Gasteiger partial charge < -0.3 is 4.90 Å². The van der Waals surface area contributed by atoms with Crippen LogP contribution in [-0.4, -0.2) is 23.4 Å². The standard InChI is InChI=1S/C17H26N2O/c1-5-6-7-10-19-16(18-14(4)17(19)20)15-9-8-12(2)11-13(15)3/h8-9,11,14,16,18H,5-7,10H2,1-4H3. The van der Waals surface area contributed by atoms with E-state index in [1.807, 2.05) is 11.8 Å². The van der Waals surface area contributed by atoms with Gasteiger partial charge >= 0.3 is 0 Å². The highest BCUT2D eigenvalue weighted by Gasteiger charge is 2.37. The van der Waals surface area contributed by atoms with Crippen LogP contribution in [0.2, 0.25) is 0 Å². The number of aryl methyl sites for hydroxylation is 2. The number of unbranched alkanes of at least 4 members (excludes halogenated alkanes) is 2. The minimum absolute atomic E-state index is 0.0370. The molecule has 1 aliphatic rings. The van der Waals surface area contributed by atoms with Gasteiger partial charge in [0, 0.05) is 6.54 Å². The van der Waals surface area contributed by atoms with E-state index in [1.54, 1.807) is 0 Å². The smallest absolute Gasteiger partial charge is 0.241 e. The van der Waals surface area contributed by atoms with Gasteiger partial charge in [-0.3, -0.25) is 10.1 Å². The van der Waals surface area contributed by atoms with Gasteiger partial charge in [0.1, 0.15) is 6.17 Å². The van der Waals surface area contributed by atoms with E-state index in [9.17, 15) is 4.79 Å². The number of nitrogens with one attached hydrogen (secondary N) is 1. The summed E-state index contributed by atoms with van der Waals surface area (Å²) in [5.74, 6) is 0.228. The molecule has 1 N–H and O–H groups in total. The first-order valence-corrected chi connectivity index (χ1v) is 7.68. The van der Waals surface area contributed by atoms with Crippen molar-refractivity contribution in [1.82, 2.24) is 10.2 Å². The largest absolute Gasteiger partial charge is 0.322 e. The highest BCUT2D eigenvalue weighted by Crippen LogP contribution is 2.28. The first kappa shape index (κ1) is 15.0. The summed E-state index contributed by atoms with van der Waals surface area (Å²) in [6.07, 6.45) is 3.48. The van der Waals surface area contributed by atoms with Crippen LogP contribution in [-0.2, 0) is 4.79 Å². The van der Waals surface area contributed by atoms with E-state index in [2.05, 4.69) is 44.3 Å². The van der Waals surface area contributed by atoms with E-state index in [-0.39, 0.29) is 18.1 Å². The maximum absolute atomic E-state index is 12.3. The molecule has 1 heterocycles. The first-order chi connectivity index (χ1) is 9.54. The van der Waals surface area contributed by atoms with Crippen LogP contribution in [0.3, 0.4) is 0 Å². The Morgan fingerprint density at radius 2 is 2.00 bits per heavy atom. The average molecular weight is 274 g/mol.